The lowest BCUT2D eigenvalue weighted by atomic mass is 10.1. The van der Waals surface area contributed by atoms with E-state index in [9.17, 15) is 0 Å². The Hall–Kier alpha value is -0.540. The summed E-state index contributed by atoms with van der Waals surface area (Å²) in [5.41, 5.74) is 8.32. The first-order valence-electron chi connectivity index (χ1n) is 6.32. The van der Waals surface area contributed by atoms with Crippen LogP contribution in [-0.2, 0) is 0 Å². The van der Waals surface area contributed by atoms with Gasteiger partial charge in [-0.05, 0) is 60.8 Å². The van der Waals surface area contributed by atoms with Gasteiger partial charge in [-0.1, -0.05) is 13.0 Å². The first-order valence-corrected chi connectivity index (χ1v) is 7.12. The molecule has 17 heavy (non-hydrogen) atoms. The van der Waals surface area contributed by atoms with Gasteiger partial charge in [-0.25, -0.2) is 0 Å². The zero-order valence-electron chi connectivity index (χ0n) is 11.2. The quantitative estimate of drug-likeness (QED) is 0.887. The molecular weight excluding hydrogens is 276 g/mol. The van der Waals surface area contributed by atoms with Crippen LogP contribution in [-0.4, -0.2) is 12.6 Å². The van der Waals surface area contributed by atoms with Crippen LogP contribution in [0.15, 0.2) is 22.7 Å². The fourth-order valence-corrected chi connectivity index (χ4v) is 2.60. The molecule has 1 unspecified atom stereocenters. The highest BCUT2D eigenvalue weighted by Gasteiger charge is 2.14. The summed E-state index contributed by atoms with van der Waals surface area (Å²) in [5, 5.41) is 0. The van der Waals surface area contributed by atoms with Crippen molar-refractivity contribution in [2.45, 2.75) is 46.2 Å². The molecule has 0 spiro atoms. The monoisotopic (exact) mass is 298 g/mol. The molecule has 0 aliphatic rings. The van der Waals surface area contributed by atoms with Gasteiger partial charge in [0.25, 0.3) is 0 Å². The highest BCUT2D eigenvalue weighted by atomic mass is 79.9. The normalized spacial score (nSPS) is 14.5. The first kappa shape index (κ1) is 14.5. The maximum atomic E-state index is 5.89. The van der Waals surface area contributed by atoms with Gasteiger partial charge in [-0.2, -0.15) is 0 Å². The molecule has 1 aromatic rings. The third kappa shape index (κ3) is 3.46. The number of rotatable bonds is 5. The summed E-state index contributed by atoms with van der Waals surface area (Å²) < 4.78 is 1.13. The van der Waals surface area contributed by atoms with Crippen LogP contribution >= 0.6 is 15.9 Å². The van der Waals surface area contributed by atoms with Crippen molar-refractivity contribution < 1.29 is 0 Å². The van der Waals surface area contributed by atoms with E-state index in [1.165, 1.54) is 11.3 Å². The van der Waals surface area contributed by atoms with Crippen LogP contribution in [0, 0.1) is 0 Å². The Morgan fingerprint density at radius 2 is 1.94 bits per heavy atom. The average Bonchev–Trinajstić information content (AvgIpc) is 2.31. The number of anilines is 1. The largest absolute Gasteiger partial charge is 0.368 e. The lowest BCUT2D eigenvalue weighted by molar-refractivity contribution is 0.629. The van der Waals surface area contributed by atoms with Crippen LogP contribution in [0.5, 0.6) is 0 Å². The summed E-state index contributed by atoms with van der Waals surface area (Å²) in [6.45, 7) is 9.70. The van der Waals surface area contributed by atoms with Crippen molar-refractivity contribution >= 4 is 21.6 Å². The van der Waals surface area contributed by atoms with Gasteiger partial charge in [0.1, 0.15) is 0 Å². The van der Waals surface area contributed by atoms with E-state index in [4.69, 9.17) is 5.73 Å². The number of nitrogens with zero attached hydrogens (tertiary/aromatic N) is 1. The fraction of sp³-hybridized carbons (Fsp3) is 0.571. The van der Waals surface area contributed by atoms with Gasteiger partial charge >= 0.3 is 0 Å². The van der Waals surface area contributed by atoms with Crippen molar-refractivity contribution in [3.05, 3.63) is 28.2 Å². The van der Waals surface area contributed by atoms with Crippen LogP contribution in [0.3, 0.4) is 0 Å². The molecule has 1 rings (SSSR count). The molecule has 0 fully saturated rings. The summed E-state index contributed by atoms with van der Waals surface area (Å²) in [6, 6.07) is 7.05. The highest BCUT2D eigenvalue weighted by molar-refractivity contribution is 9.10. The van der Waals surface area contributed by atoms with Gasteiger partial charge in [-0.15, -0.1) is 0 Å². The average molecular weight is 299 g/mol. The summed E-state index contributed by atoms with van der Waals surface area (Å²) in [6.07, 6.45) is 1.15. The van der Waals surface area contributed by atoms with Crippen LogP contribution in [0.4, 0.5) is 5.69 Å². The minimum Gasteiger partial charge on any atom is -0.368 e. The zero-order valence-corrected chi connectivity index (χ0v) is 12.8. The molecule has 2 atom stereocenters. The first-order chi connectivity index (χ1) is 8.01. The molecule has 0 saturated carbocycles. The molecule has 2 nitrogen and oxygen atoms in total. The van der Waals surface area contributed by atoms with Gasteiger partial charge < -0.3 is 10.6 Å². The van der Waals surface area contributed by atoms with E-state index in [-0.39, 0.29) is 6.04 Å². The molecule has 0 amide bonds. The van der Waals surface area contributed by atoms with E-state index < -0.39 is 0 Å². The maximum absolute atomic E-state index is 5.89. The van der Waals surface area contributed by atoms with Gasteiger partial charge in [0.15, 0.2) is 0 Å². The molecule has 0 heterocycles. The van der Waals surface area contributed by atoms with Gasteiger partial charge in [0, 0.05) is 23.1 Å². The van der Waals surface area contributed by atoms with Crippen molar-refractivity contribution in [3.63, 3.8) is 0 Å². The van der Waals surface area contributed by atoms with Crippen molar-refractivity contribution in [3.8, 4) is 0 Å². The van der Waals surface area contributed by atoms with Crippen LogP contribution in [0.25, 0.3) is 0 Å². The zero-order chi connectivity index (χ0) is 13.0. The van der Waals surface area contributed by atoms with E-state index in [0.29, 0.717) is 6.04 Å². The van der Waals surface area contributed by atoms with E-state index in [2.05, 4.69) is 59.8 Å². The van der Waals surface area contributed by atoms with Crippen molar-refractivity contribution in [2.24, 2.45) is 5.73 Å². The number of hydrogen-bond acceptors (Lipinski definition) is 2. The predicted octanol–water partition coefficient (Wildman–Crippen LogP) is 4.09. The number of halogens is 1. The van der Waals surface area contributed by atoms with Gasteiger partial charge in [0.05, 0.1) is 5.69 Å². The molecule has 0 bridgehead atoms. The molecule has 3 heteroatoms. The van der Waals surface area contributed by atoms with Crippen LogP contribution < -0.4 is 10.6 Å². The van der Waals surface area contributed by atoms with E-state index in [1.54, 1.807) is 0 Å². The van der Waals surface area contributed by atoms with E-state index >= 15 is 0 Å². The Labute approximate surface area is 113 Å². The second-order valence-electron chi connectivity index (χ2n) is 4.54. The minimum absolute atomic E-state index is 0.0824. The summed E-state index contributed by atoms with van der Waals surface area (Å²) in [4.78, 5) is 2.41. The molecule has 0 aromatic heterocycles. The summed E-state index contributed by atoms with van der Waals surface area (Å²) in [5.74, 6) is 0. The van der Waals surface area contributed by atoms with Crippen molar-refractivity contribution in [1.29, 1.82) is 0 Å². The Kier molecular flexibility index (Phi) is 5.47. The van der Waals surface area contributed by atoms with Crippen molar-refractivity contribution in [2.75, 3.05) is 11.4 Å². The second kappa shape index (κ2) is 6.41. The molecule has 0 aliphatic heterocycles. The van der Waals surface area contributed by atoms with Gasteiger partial charge in [-0.3, -0.25) is 0 Å². The molecule has 0 aliphatic carbocycles. The third-order valence-electron chi connectivity index (χ3n) is 3.27. The summed E-state index contributed by atoms with van der Waals surface area (Å²) in [7, 11) is 0. The standard InChI is InChI=1S/C14H23BrN2/c1-5-10(3)17(6-2)14-8-7-12(11(4)16)9-13(14)15/h7-11H,5-6,16H2,1-4H3/t10?,11-/m1/s1. The van der Waals surface area contributed by atoms with Gasteiger partial charge in [0.2, 0.25) is 0 Å². The van der Waals surface area contributed by atoms with Crippen molar-refractivity contribution in [1.82, 2.24) is 0 Å². The predicted molar refractivity (Wildman–Crippen MR) is 79.5 cm³/mol. The Bertz CT molecular complexity index is 363. The molecule has 0 saturated heterocycles. The Morgan fingerprint density at radius 1 is 1.29 bits per heavy atom. The third-order valence-corrected chi connectivity index (χ3v) is 3.91. The summed E-state index contributed by atoms with van der Waals surface area (Å²) >= 11 is 3.66. The minimum atomic E-state index is 0.0824. The number of benzene rings is 1. The van der Waals surface area contributed by atoms with Crippen LogP contribution in [0.2, 0.25) is 0 Å². The maximum Gasteiger partial charge on any atom is 0.0513 e. The second-order valence-corrected chi connectivity index (χ2v) is 5.40. The highest BCUT2D eigenvalue weighted by Crippen LogP contribution is 2.30. The molecule has 2 N–H and O–H groups in total. The lowest BCUT2D eigenvalue weighted by Gasteiger charge is -2.30. The number of hydrogen-bond donors (Lipinski definition) is 1. The Balaban J connectivity index is 3.05. The van der Waals surface area contributed by atoms with Crippen LogP contribution in [0.1, 0.15) is 45.7 Å². The van der Waals surface area contributed by atoms with E-state index in [1.807, 2.05) is 6.92 Å². The van der Waals surface area contributed by atoms with E-state index in [0.717, 1.165) is 17.4 Å². The molecular formula is C14H23BrN2. The number of nitrogens with two attached hydrogens (primary N) is 1. The smallest absolute Gasteiger partial charge is 0.0513 e. The molecule has 96 valence electrons. The fourth-order valence-electron chi connectivity index (χ4n) is 1.98. The lowest BCUT2D eigenvalue weighted by Crippen LogP contribution is -2.32. The molecule has 0 radical (unpaired) electrons. The SMILES string of the molecule is CCC(C)N(CC)c1ccc([C@@H](C)N)cc1Br. The molecule has 1 aromatic carbocycles. The topological polar surface area (TPSA) is 29.3 Å². The Morgan fingerprint density at radius 3 is 2.35 bits per heavy atom.